The number of benzene rings is 3. The average molecular weight is 416 g/mol. The van der Waals surface area contributed by atoms with Crippen molar-refractivity contribution < 1.29 is 0 Å². The predicted octanol–water partition coefficient (Wildman–Crippen LogP) is 7.53. The Morgan fingerprint density at radius 1 is 0.844 bits per heavy atom. The minimum absolute atomic E-state index is 0.261. The van der Waals surface area contributed by atoms with E-state index in [4.69, 9.17) is 4.98 Å². The maximum absolute atomic E-state index is 4.87. The fourth-order valence-corrected chi connectivity index (χ4v) is 5.77. The third-order valence-corrected chi connectivity index (χ3v) is 6.88. The molecule has 0 amide bonds. The lowest BCUT2D eigenvalue weighted by molar-refractivity contribution is 0.411. The lowest BCUT2D eigenvalue weighted by Gasteiger charge is -2.19. The van der Waals surface area contributed by atoms with E-state index in [-0.39, 0.29) is 5.41 Å². The Bertz CT molecular complexity index is 1840. The molecule has 0 aliphatic heterocycles. The molecule has 4 heterocycles. The average Bonchev–Trinajstić information content (AvgIpc) is 3.28. The fraction of sp³-hybridized carbons (Fsp3) is 0.207. The first-order valence-electron chi connectivity index (χ1n) is 11.4. The molecule has 0 saturated carbocycles. The summed E-state index contributed by atoms with van der Waals surface area (Å²) in [6.45, 7) is 9.12. The molecule has 0 atom stereocenters. The standard InChI is InChI=1S/C29H25N3/c1-17-16-31-27-26-21(11-12-30-27)20-10-9-18(15-29(2,3)4)13-19(20)14-24(26)32-23-8-6-5-7-22(23)25(17)28(31)32/h5-14,16H,15H2,1-4H3. The lowest BCUT2D eigenvalue weighted by Crippen LogP contribution is -2.08. The highest BCUT2D eigenvalue weighted by Crippen LogP contribution is 2.40. The Labute approximate surface area is 186 Å². The molecule has 0 radical (unpaired) electrons. The molecule has 0 aliphatic rings. The largest absolute Gasteiger partial charge is 0.294 e. The second-order valence-electron chi connectivity index (χ2n) is 10.5. The van der Waals surface area contributed by atoms with Gasteiger partial charge in [0.2, 0.25) is 0 Å². The quantitative estimate of drug-likeness (QED) is 0.200. The summed E-state index contributed by atoms with van der Waals surface area (Å²) >= 11 is 0. The molecule has 0 unspecified atom stereocenters. The fourth-order valence-electron chi connectivity index (χ4n) is 5.77. The van der Waals surface area contributed by atoms with Crippen molar-refractivity contribution in [1.29, 1.82) is 0 Å². The number of aromatic nitrogens is 3. The normalized spacial score (nSPS) is 13.1. The zero-order chi connectivity index (χ0) is 21.8. The van der Waals surface area contributed by atoms with Crippen LogP contribution in [0.3, 0.4) is 0 Å². The minimum atomic E-state index is 0.261. The van der Waals surface area contributed by atoms with E-state index in [1.54, 1.807) is 0 Å². The summed E-state index contributed by atoms with van der Waals surface area (Å²) in [4.78, 5) is 4.87. The molecule has 0 bridgehead atoms. The molecule has 0 N–H and O–H groups in total. The van der Waals surface area contributed by atoms with Crippen molar-refractivity contribution in [1.82, 2.24) is 13.8 Å². The minimum Gasteiger partial charge on any atom is -0.294 e. The number of hydrogen-bond acceptors (Lipinski definition) is 1. The van der Waals surface area contributed by atoms with Crippen molar-refractivity contribution >= 4 is 54.6 Å². The van der Waals surface area contributed by atoms with Gasteiger partial charge in [0.05, 0.1) is 11.0 Å². The summed E-state index contributed by atoms with van der Waals surface area (Å²) in [5, 5.41) is 7.73. The van der Waals surface area contributed by atoms with Crippen LogP contribution < -0.4 is 0 Å². The number of rotatable bonds is 1. The first-order valence-corrected chi connectivity index (χ1v) is 11.4. The van der Waals surface area contributed by atoms with Gasteiger partial charge in [-0.05, 0) is 64.2 Å². The molecule has 0 spiro atoms. The van der Waals surface area contributed by atoms with Gasteiger partial charge in [-0.15, -0.1) is 0 Å². The molecular weight excluding hydrogens is 390 g/mol. The summed E-state index contributed by atoms with van der Waals surface area (Å²) in [5.41, 5.74) is 7.70. The molecule has 4 aromatic heterocycles. The molecule has 0 aliphatic carbocycles. The van der Waals surface area contributed by atoms with Gasteiger partial charge >= 0.3 is 0 Å². The molecular formula is C29H25N3. The summed E-state index contributed by atoms with van der Waals surface area (Å²) in [6.07, 6.45) is 5.27. The Morgan fingerprint density at radius 2 is 1.69 bits per heavy atom. The summed E-state index contributed by atoms with van der Waals surface area (Å²) in [7, 11) is 0. The molecule has 0 saturated heterocycles. The van der Waals surface area contributed by atoms with Gasteiger partial charge in [0, 0.05) is 28.6 Å². The van der Waals surface area contributed by atoms with E-state index in [9.17, 15) is 0 Å². The summed E-state index contributed by atoms with van der Waals surface area (Å²) in [6, 6.07) is 20.3. The lowest BCUT2D eigenvalue weighted by atomic mass is 9.87. The van der Waals surface area contributed by atoms with Crippen molar-refractivity contribution in [2.45, 2.75) is 34.1 Å². The molecule has 7 rings (SSSR count). The number of fused-ring (bicyclic) bond motifs is 7. The van der Waals surface area contributed by atoms with Gasteiger partial charge in [0.1, 0.15) is 11.3 Å². The topological polar surface area (TPSA) is 21.7 Å². The first kappa shape index (κ1) is 18.0. The summed E-state index contributed by atoms with van der Waals surface area (Å²) < 4.78 is 4.74. The van der Waals surface area contributed by atoms with Crippen LogP contribution in [0.2, 0.25) is 0 Å². The zero-order valence-corrected chi connectivity index (χ0v) is 18.9. The molecule has 32 heavy (non-hydrogen) atoms. The number of aryl methyl sites for hydroxylation is 1. The van der Waals surface area contributed by atoms with Gasteiger partial charge in [0.25, 0.3) is 0 Å². The molecule has 3 heteroatoms. The Balaban J connectivity index is 1.75. The van der Waals surface area contributed by atoms with Gasteiger partial charge < -0.3 is 0 Å². The van der Waals surface area contributed by atoms with E-state index < -0.39 is 0 Å². The van der Waals surface area contributed by atoms with E-state index in [1.807, 2.05) is 6.20 Å². The maximum Gasteiger partial charge on any atom is 0.148 e. The van der Waals surface area contributed by atoms with Crippen LogP contribution >= 0.6 is 0 Å². The molecule has 3 aromatic carbocycles. The van der Waals surface area contributed by atoms with Crippen molar-refractivity contribution in [2.75, 3.05) is 0 Å². The van der Waals surface area contributed by atoms with Crippen LogP contribution in [-0.4, -0.2) is 13.8 Å². The van der Waals surface area contributed by atoms with Gasteiger partial charge in [-0.2, -0.15) is 0 Å². The molecule has 3 nitrogen and oxygen atoms in total. The highest BCUT2D eigenvalue weighted by atomic mass is 15.1. The van der Waals surface area contributed by atoms with Crippen LogP contribution in [0, 0.1) is 12.3 Å². The number of pyridine rings is 1. The molecule has 7 aromatic rings. The zero-order valence-electron chi connectivity index (χ0n) is 18.9. The predicted molar refractivity (Wildman–Crippen MR) is 135 cm³/mol. The summed E-state index contributed by atoms with van der Waals surface area (Å²) in [5.74, 6) is 0. The Kier molecular flexibility index (Phi) is 3.27. The van der Waals surface area contributed by atoms with E-state index >= 15 is 0 Å². The third-order valence-electron chi connectivity index (χ3n) is 6.88. The van der Waals surface area contributed by atoms with Crippen molar-refractivity contribution in [3.63, 3.8) is 0 Å². The van der Waals surface area contributed by atoms with Crippen LogP contribution in [0.1, 0.15) is 31.9 Å². The van der Waals surface area contributed by atoms with Crippen LogP contribution in [0.5, 0.6) is 0 Å². The number of para-hydroxylation sites is 1. The first-order chi connectivity index (χ1) is 15.4. The SMILES string of the molecule is Cc1cn2c3nccc4c5ccc(CC(C)(C)C)cc5cc(c43)n3c4ccccc4c1c23. The smallest absolute Gasteiger partial charge is 0.148 e. The van der Waals surface area contributed by atoms with Crippen molar-refractivity contribution in [3.8, 4) is 0 Å². The second kappa shape index (κ2) is 5.80. The molecule has 0 fully saturated rings. The van der Waals surface area contributed by atoms with Crippen LogP contribution in [0.4, 0.5) is 0 Å². The van der Waals surface area contributed by atoms with Gasteiger partial charge in [0.15, 0.2) is 0 Å². The monoisotopic (exact) mass is 415 g/mol. The van der Waals surface area contributed by atoms with Crippen molar-refractivity contribution in [2.24, 2.45) is 5.41 Å². The van der Waals surface area contributed by atoms with Crippen LogP contribution in [-0.2, 0) is 6.42 Å². The third kappa shape index (κ3) is 2.23. The Morgan fingerprint density at radius 3 is 2.53 bits per heavy atom. The molecule has 156 valence electrons. The van der Waals surface area contributed by atoms with E-state index in [0.29, 0.717) is 0 Å². The Hall–Kier alpha value is -3.59. The number of nitrogens with zero attached hydrogens (tertiary/aromatic N) is 3. The van der Waals surface area contributed by atoms with E-state index in [1.165, 1.54) is 60.1 Å². The van der Waals surface area contributed by atoms with Gasteiger partial charge in [-0.3, -0.25) is 8.80 Å². The van der Waals surface area contributed by atoms with Gasteiger partial charge in [-0.1, -0.05) is 57.2 Å². The second-order valence-corrected chi connectivity index (χ2v) is 10.5. The highest BCUT2D eigenvalue weighted by molar-refractivity contribution is 6.22. The van der Waals surface area contributed by atoms with Gasteiger partial charge in [-0.25, -0.2) is 4.98 Å². The van der Waals surface area contributed by atoms with Crippen LogP contribution in [0.25, 0.3) is 54.6 Å². The van der Waals surface area contributed by atoms with Crippen LogP contribution in [0.15, 0.2) is 67.0 Å². The van der Waals surface area contributed by atoms with E-state index in [0.717, 1.165) is 12.1 Å². The highest BCUT2D eigenvalue weighted by Gasteiger charge is 2.21. The van der Waals surface area contributed by atoms with Crippen molar-refractivity contribution in [3.05, 3.63) is 78.1 Å². The van der Waals surface area contributed by atoms with E-state index in [2.05, 4.69) is 97.3 Å². The number of hydrogen-bond donors (Lipinski definition) is 0. The maximum atomic E-state index is 4.87.